The van der Waals surface area contributed by atoms with Gasteiger partial charge in [-0.05, 0) is 43.4 Å². The van der Waals surface area contributed by atoms with Crippen molar-refractivity contribution in [1.82, 2.24) is 0 Å². The van der Waals surface area contributed by atoms with Crippen LogP contribution in [0.15, 0.2) is 0 Å². The zero-order valence-electron chi connectivity index (χ0n) is 66.4. The van der Waals surface area contributed by atoms with E-state index in [1.807, 2.05) is 0 Å². The summed E-state index contributed by atoms with van der Waals surface area (Å²) in [5, 5.41) is 10.7. The van der Waals surface area contributed by atoms with Crippen molar-refractivity contribution >= 4 is 39.5 Å². The van der Waals surface area contributed by atoms with Gasteiger partial charge in [0.05, 0.1) is 26.4 Å². The van der Waals surface area contributed by atoms with Gasteiger partial charge in [0.2, 0.25) is 0 Å². The van der Waals surface area contributed by atoms with Gasteiger partial charge in [-0.15, -0.1) is 0 Å². The van der Waals surface area contributed by atoms with Gasteiger partial charge in [0, 0.05) is 25.7 Å². The quantitative estimate of drug-likeness (QED) is 0.0222. The first-order valence-electron chi connectivity index (χ1n) is 42.4. The van der Waals surface area contributed by atoms with Crippen LogP contribution in [0.3, 0.4) is 0 Å². The maximum atomic E-state index is 13.1. The summed E-state index contributed by atoms with van der Waals surface area (Å²) in [6, 6.07) is 0. The summed E-state index contributed by atoms with van der Waals surface area (Å²) in [5.74, 6) is 0.237. The number of rotatable bonds is 80. The van der Waals surface area contributed by atoms with Crippen molar-refractivity contribution in [3.63, 3.8) is 0 Å². The minimum absolute atomic E-state index is 0.106. The van der Waals surface area contributed by atoms with Crippen molar-refractivity contribution in [1.29, 1.82) is 0 Å². The number of aliphatic hydroxyl groups excluding tert-OH is 1. The molecular formula is C82H160O17P2. The van der Waals surface area contributed by atoms with E-state index in [9.17, 15) is 43.2 Å². The summed E-state index contributed by atoms with van der Waals surface area (Å²) in [6.07, 6.45) is 60.9. The lowest BCUT2D eigenvalue weighted by molar-refractivity contribution is -0.161. The molecular weight excluding hydrogens is 1320 g/mol. The topological polar surface area (TPSA) is 237 Å². The molecule has 0 aliphatic rings. The van der Waals surface area contributed by atoms with E-state index in [4.69, 9.17) is 37.0 Å². The summed E-state index contributed by atoms with van der Waals surface area (Å²) in [6.45, 7) is 12.0. The number of carbonyl (C=O) groups excluding carboxylic acids is 4. The first-order valence-corrected chi connectivity index (χ1v) is 45.4. The molecule has 3 N–H and O–H groups in total. The molecule has 0 rings (SSSR count). The number of unbranched alkanes of at least 4 members (excludes halogenated alkanes) is 47. The van der Waals surface area contributed by atoms with Gasteiger partial charge in [-0.25, -0.2) is 9.13 Å². The second kappa shape index (κ2) is 72.3. The van der Waals surface area contributed by atoms with E-state index in [1.165, 1.54) is 238 Å². The molecule has 0 saturated carbocycles. The van der Waals surface area contributed by atoms with Gasteiger partial charge in [0.1, 0.15) is 19.3 Å². The second-order valence-corrected chi connectivity index (χ2v) is 33.6. The van der Waals surface area contributed by atoms with Crippen LogP contribution in [0, 0.1) is 17.8 Å². The Labute approximate surface area is 619 Å². The van der Waals surface area contributed by atoms with Crippen LogP contribution in [-0.2, 0) is 65.4 Å². The normalized spacial score (nSPS) is 14.2. The highest BCUT2D eigenvalue weighted by Crippen LogP contribution is 2.45. The van der Waals surface area contributed by atoms with E-state index >= 15 is 0 Å². The Bertz CT molecular complexity index is 1960. The van der Waals surface area contributed by atoms with Crippen molar-refractivity contribution in [2.24, 2.45) is 17.8 Å². The molecule has 0 heterocycles. The predicted octanol–water partition coefficient (Wildman–Crippen LogP) is 24.5. The molecule has 0 bridgehead atoms. The Kier molecular flexibility index (Phi) is 70.9. The highest BCUT2D eigenvalue weighted by molar-refractivity contribution is 7.47. The molecule has 0 radical (unpaired) electrons. The SMILES string of the molecule is CCCCCCCCCCCCCCCCCCCCC(=O)O[C@H](COC(=O)CCCCCCCCCCCCCCCCC(C)C)COP(=O)(O)OC[C@@H](O)COP(=O)(O)OC[C@@H](COC(=O)CCCCCCCCCCCC(C)C)OC(=O)CCCCCCCCCCCCC(C)CC. The third-order valence-electron chi connectivity index (χ3n) is 19.5. The van der Waals surface area contributed by atoms with E-state index in [1.54, 1.807) is 0 Å². The third kappa shape index (κ3) is 74.7. The Morgan fingerprint density at radius 3 is 0.752 bits per heavy atom. The van der Waals surface area contributed by atoms with Crippen LogP contribution in [0.25, 0.3) is 0 Å². The number of esters is 4. The van der Waals surface area contributed by atoms with Crippen molar-refractivity contribution in [3.05, 3.63) is 0 Å². The zero-order valence-corrected chi connectivity index (χ0v) is 68.2. The van der Waals surface area contributed by atoms with Crippen LogP contribution in [-0.4, -0.2) is 96.7 Å². The molecule has 0 aromatic heterocycles. The van der Waals surface area contributed by atoms with Crippen molar-refractivity contribution in [3.8, 4) is 0 Å². The van der Waals surface area contributed by atoms with Gasteiger partial charge in [-0.3, -0.25) is 37.3 Å². The lowest BCUT2D eigenvalue weighted by Crippen LogP contribution is -2.30. The number of aliphatic hydroxyl groups is 1. The standard InChI is InChI=1S/C82H160O17P2/c1-8-10-11-12-13-14-15-16-17-18-19-20-25-28-36-44-51-58-65-81(86)98-77(69-92-79(84)63-56-49-42-35-27-24-22-21-23-26-32-39-46-53-60-73(3)4)71-96-100(88,89)94-67-76(83)68-95-101(90,91)97-72-78(70-93-80(85)64-57-50-43-38-31-33-40-47-54-61-74(5)6)99-82(87)66-59-52-45-37-30-29-34-41-48-55-62-75(7)9-2/h73-78,83H,8-72H2,1-7H3,(H,88,89)(H,90,91)/t75?,76-,77-,78-/m1/s1. The van der Waals surface area contributed by atoms with Gasteiger partial charge in [0.25, 0.3) is 0 Å². The fraction of sp³-hybridized carbons (Fsp3) is 0.951. The molecule has 17 nitrogen and oxygen atoms in total. The van der Waals surface area contributed by atoms with Crippen molar-refractivity contribution in [2.45, 2.75) is 446 Å². The lowest BCUT2D eigenvalue weighted by Gasteiger charge is -2.21. The van der Waals surface area contributed by atoms with Crippen LogP contribution < -0.4 is 0 Å². The molecule has 6 atom stereocenters. The van der Waals surface area contributed by atoms with E-state index in [2.05, 4.69) is 48.5 Å². The lowest BCUT2D eigenvalue weighted by atomic mass is 9.99. The van der Waals surface area contributed by atoms with Crippen molar-refractivity contribution < 1.29 is 80.2 Å². The van der Waals surface area contributed by atoms with E-state index in [0.29, 0.717) is 25.7 Å². The molecule has 600 valence electrons. The van der Waals surface area contributed by atoms with Gasteiger partial charge in [-0.2, -0.15) is 0 Å². The van der Waals surface area contributed by atoms with E-state index in [0.717, 1.165) is 108 Å². The molecule has 0 spiro atoms. The molecule has 3 unspecified atom stereocenters. The summed E-state index contributed by atoms with van der Waals surface area (Å²) in [7, 11) is -9.92. The van der Waals surface area contributed by atoms with Crippen LogP contribution >= 0.6 is 15.6 Å². The predicted molar refractivity (Wildman–Crippen MR) is 414 cm³/mol. The Hall–Kier alpha value is -1.94. The Morgan fingerprint density at radius 2 is 0.505 bits per heavy atom. The fourth-order valence-corrected chi connectivity index (χ4v) is 14.2. The Balaban J connectivity index is 5.27. The van der Waals surface area contributed by atoms with Crippen LogP contribution in [0.5, 0.6) is 0 Å². The number of ether oxygens (including phenoxy) is 4. The number of hydrogen-bond donors (Lipinski definition) is 3. The second-order valence-electron chi connectivity index (χ2n) is 30.7. The zero-order chi connectivity index (χ0) is 74.4. The number of phosphoric acid groups is 2. The molecule has 0 aliphatic carbocycles. The Morgan fingerprint density at radius 1 is 0.287 bits per heavy atom. The van der Waals surface area contributed by atoms with Crippen molar-refractivity contribution in [2.75, 3.05) is 39.6 Å². The number of phosphoric ester groups is 2. The third-order valence-corrected chi connectivity index (χ3v) is 21.4. The summed E-state index contributed by atoms with van der Waals surface area (Å²) in [5.41, 5.74) is 0. The van der Waals surface area contributed by atoms with Gasteiger partial charge in [-0.1, -0.05) is 376 Å². The van der Waals surface area contributed by atoms with Crippen LogP contribution in [0.4, 0.5) is 0 Å². The minimum Gasteiger partial charge on any atom is -0.462 e. The molecule has 0 aliphatic heterocycles. The smallest absolute Gasteiger partial charge is 0.462 e. The van der Waals surface area contributed by atoms with Gasteiger partial charge in [0.15, 0.2) is 12.2 Å². The molecule has 101 heavy (non-hydrogen) atoms. The molecule has 19 heteroatoms. The maximum absolute atomic E-state index is 13.1. The summed E-state index contributed by atoms with van der Waals surface area (Å²) < 4.78 is 68.8. The average Bonchev–Trinajstić information content (AvgIpc) is 0.951. The molecule has 0 fully saturated rings. The molecule has 0 saturated heterocycles. The monoisotopic (exact) mass is 1480 g/mol. The first-order chi connectivity index (χ1) is 48.8. The molecule has 0 aromatic rings. The summed E-state index contributed by atoms with van der Waals surface area (Å²) >= 11 is 0. The minimum atomic E-state index is -4.96. The van der Waals surface area contributed by atoms with Gasteiger partial charge < -0.3 is 33.8 Å². The van der Waals surface area contributed by atoms with E-state index < -0.39 is 97.5 Å². The van der Waals surface area contributed by atoms with Gasteiger partial charge >= 0.3 is 39.5 Å². The van der Waals surface area contributed by atoms with E-state index in [-0.39, 0.29) is 25.7 Å². The first kappa shape index (κ1) is 99.1. The highest BCUT2D eigenvalue weighted by Gasteiger charge is 2.30. The fourth-order valence-electron chi connectivity index (χ4n) is 12.6. The largest absolute Gasteiger partial charge is 0.472 e. The molecule has 0 aromatic carbocycles. The highest BCUT2D eigenvalue weighted by atomic mass is 31.2. The molecule has 0 amide bonds. The maximum Gasteiger partial charge on any atom is 0.472 e. The summed E-state index contributed by atoms with van der Waals surface area (Å²) in [4.78, 5) is 73.1. The number of carbonyl (C=O) groups is 4. The average molecular weight is 1480 g/mol. The number of hydrogen-bond acceptors (Lipinski definition) is 15. The van der Waals surface area contributed by atoms with Crippen LogP contribution in [0.1, 0.15) is 427 Å². The van der Waals surface area contributed by atoms with Crippen LogP contribution in [0.2, 0.25) is 0 Å².